The van der Waals surface area contributed by atoms with Crippen molar-refractivity contribution in [1.82, 2.24) is 0 Å². The van der Waals surface area contributed by atoms with Crippen LogP contribution in [0.2, 0.25) is 0 Å². The van der Waals surface area contributed by atoms with Gasteiger partial charge in [0.25, 0.3) is 0 Å². The van der Waals surface area contributed by atoms with Crippen LogP contribution in [0.25, 0.3) is 0 Å². The van der Waals surface area contributed by atoms with Crippen molar-refractivity contribution in [3.8, 4) is 0 Å². The van der Waals surface area contributed by atoms with Crippen molar-refractivity contribution in [3.63, 3.8) is 0 Å². The molecule has 0 saturated carbocycles. The summed E-state index contributed by atoms with van der Waals surface area (Å²) in [6.07, 6.45) is 1.79. The highest BCUT2D eigenvalue weighted by Gasteiger charge is 2.20. The van der Waals surface area contributed by atoms with Gasteiger partial charge < -0.3 is 17.3 Å². The van der Waals surface area contributed by atoms with Crippen LogP contribution in [-0.4, -0.2) is 13.0 Å². The summed E-state index contributed by atoms with van der Waals surface area (Å²) in [6.45, 7) is 3.43. The van der Waals surface area contributed by atoms with Crippen LogP contribution < -0.4 is 0 Å². The summed E-state index contributed by atoms with van der Waals surface area (Å²) < 4.78 is 39.0. The molecule has 0 aromatic carbocycles. The molecule has 0 aliphatic carbocycles. The highest BCUT2D eigenvalue weighted by Crippen LogP contribution is 2.06. The summed E-state index contributed by atoms with van der Waals surface area (Å²) in [5, 5.41) is 0. The molecule has 0 nitrogen and oxygen atoms in total. The lowest BCUT2D eigenvalue weighted by atomic mass is 10.3. The molecule has 0 unspecified atom stereocenters. The molecule has 0 amide bonds. The van der Waals surface area contributed by atoms with Gasteiger partial charge in [-0.2, -0.15) is 0 Å². The van der Waals surface area contributed by atoms with E-state index < -0.39 is 7.25 Å². The number of rotatable bonds is 1. The van der Waals surface area contributed by atoms with E-state index in [0.717, 1.165) is 5.75 Å². The summed E-state index contributed by atoms with van der Waals surface area (Å²) in [4.78, 5) is 0. The maximum Gasteiger partial charge on any atom is 0.673 e. The first-order valence-corrected chi connectivity index (χ1v) is 2.75. The first kappa shape index (κ1) is 11.6. The maximum absolute atomic E-state index is 9.75. The number of hydrogen-bond acceptors (Lipinski definition) is 0. The molecule has 0 bridgehead atoms. The molecule has 56 valence electrons. The van der Waals surface area contributed by atoms with Crippen molar-refractivity contribution < 1.29 is 17.3 Å². The van der Waals surface area contributed by atoms with Crippen LogP contribution in [0.5, 0.6) is 0 Å². The maximum atomic E-state index is 9.75. The van der Waals surface area contributed by atoms with E-state index in [-0.39, 0.29) is 0 Å². The fourth-order valence-electron chi connectivity index (χ4n) is 0. The predicted octanol–water partition coefficient (Wildman–Crippen LogP) is 1.48. The smallest absolute Gasteiger partial charge is 0.418 e. The molecule has 0 aromatic rings. The Kier molecular flexibility index (Phi) is 7.77. The van der Waals surface area contributed by atoms with Gasteiger partial charge in [0.05, 0.1) is 0 Å². The zero-order chi connectivity index (χ0) is 7.91. The topological polar surface area (TPSA) is 0 Å². The van der Waals surface area contributed by atoms with Crippen LogP contribution in [-0.2, 0) is 12.6 Å². The second-order valence-corrected chi connectivity index (χ2v) is 1.40. The zero-order valence-corrected chi connectivity index (χ0v) is 5.58. The van der Waals surface area contributed by atoms with E-state index in [0.29, 0.717) is 0 Å². The van der Waals surface area contributed by atoms with Gasteiger partial charge in [-0.15, -0.1) is 0 Å². The predicted molar refractivity (Wildman–Crippen MR) is 35.4 cm³/mol. The second kappa shape index (κ2) is 6.00. The Bertz CT molecular complexity index is 64.7. The Morgan fingerprint density at radius 1 is 1.33 bits per heavy atom. The van der Waals surface area contributed by atoms with Crippen molar-refractivity contribution in [2.45, 2.75) is 0 Å². The largest absolute Gasteiger partial charge is 0.673 e. The highest BCUT2D eigenvalue weighted by atomic mass is 32.1. The Labute approximate surface area is 56.5 Å². The molecular formula is C3H7BF4S. The van der Waals surface area contributed by atoms with Crippen LogP contribution in [0.3, 0.4) is 0 Å². The lowest BCUT2D eigenvalue weighted by Gasteiger charge is -1.94. The molecule has 0 fully saturated rings. The summed E-state index contributed by atoms with van der Waals surface area (Å²) in [5.74, 6) is 0.889. The monoisotopic (exact) mass is 162 g/mol. The van der Waals surface area contributed by atoms with E-state index in [4.69, 9.17) is 0 Å². The van der Waals surface area contributed by atoms with Gasteiger partial charge in [0.15, 0.2) is 0 Å². The van der Waals surface area contributed by atoms with Gasteiger partial charge in [-0.1, -0.05) is 6.58 Å². The summed E-state index contributed by atoms with van der Waals surface area (Å²) in [6, 6.07) is 0. The lowest BCUT2D eigenvalue weighted by molar-refractivity contribution is 0.368. The van der Waals surface area contributed by atoms with Gasteiger partial charge >= 0.3 is 7.25 Å². The molecule has 0 aliphatic heterocycles. The highest BCUT2D eigenvalue weighted by molar-refractivity contribution is 7.58. The molecule has 0 aliphatic rings. The van der Waals surface area contributed by atoms with Crippen LogP contribution in [0, 0.1) is 0 Å². The summed E-state index contributed by atoms with van der Waals surface area (Å²) in [7, 11) is -6.00. The normalized spacial score (nSPS) is 9.44. The van der Waals surface area contributed by atoms with E-state index >= 15 is 0 Å². The summed E-state index contributed by atoms with van der Waals surface area (Å²) >= 11 is 3.17. The fourth-order valence-corrected chi connectivity index (χ4v) is 0. The molecule has 6 heteroatoms. The third-order valence-electron chi connectivity index (χ3n) is 0.144. The van der Waals surface area contributed by atoms with Gasteiger partial charge in [0.2, 0.25) is 0 Å². The number of hydrogen-bond donors (Lipinski definition) is 0. The summed E-state index contributed by atoms with van der Waals surface area (Å²) in [5.41, 5.74) is 0. The lowest BCUT2D eigenvalue weighted by Crippen LogP contribution is -2.02. The van der Waals surface area contributed by atoms with E-state index in [1.165, 1.54) is 0 Å². The Morgan fingerprint density at radius 3 is 1.44 bits per heavy atom. The first-order chi connectivity index (χ1) is 3.91. The fraction of sp³-hybridized carbons (Fsp3) is 0.333. The molecule has 0 spiro atoms. The van der Waals surface area contributed by atoms with Crippen molar-refractivity contribution in [1.29, 1.82) is 0 Å². The molecule has 0 atom stereocenters. The molecule has 0 rings (SSSR count). The van der Waals surface area contributed by atoms with Gasteiger partial charge in [-0.05, 0) is 18.7 Å². The average molecular weight is 162 g/mol. The minimum atomic E-state index is -6.00. The molecule has 9 heavy (non-hydrogen) atoms. The van der Waals surface area contributed by atoms with Crippen LogP contribution >= 0.6 is 0 Å². The van der Waals surface area contributed by atoms with Crippen LogP contribution in [0.15, 0.2) is 12.7 Å². The Morgan fingerprint density at radius 2 is 1.44 bits per heavy atom. The van der Waals surface area contributed by atoms with Crippen molar-refractivity contribution in [2.75, 3.05) is 5.75 Å². The van der Waals surface area contributed by atoms with Crippen LogP contribution in [0.1, 0.15) is 0 Å². The van der Waals surface area contributed by atoms with E-state index in [9.17, 15) is 17.3 Å². The second-order valence-electron chi connectivity index (χ2n) is 0.988. The molecular weight excluding hydrogens is 155 g/mol. The molecule has 0 radical (unpaired) electrons. The molecule has 0 aromatic heterocycles. The van der Waals surface area contributed by atoms with Gasteiger partial charge in [0.1, 0.15) is 5.75 Å². The van der Waals surface area contributed by atoms with Gasteiger partial charge in [-0.25, -0.2) is 0 Å². The standard InChI is InChI=1S/C3H6S.BF4/c1-2-3-4;2-1(3,4)5/h2,4H,1,3H2;/q;-1/p+1. The first-order valence-electron chi connectivity index (χ1n) is 2.04. The van der Waals surface area contributed by atoms with E-state index in [1.807, 2.05) is 0 Å². The SMILES string of the molecule is C=CC[SH2+].F[B-](F)(F)F. The van der Waals surface area contributed by atoms with Crippen molar-refractivity contribution in [2.24, 2.45) is 0 Å². The third-order valence-corrected chi connectivity index (χ3v) is 0.433. The minimum absolute atomic E-state index is 0.889. The average Bonchev–Trinajstić information content (AvgIpc) is 1.61. The van der Waals surface area contributed by atoms with Crippen molar-refractivity contribution in [3.05, 3.63) is 12.7 Å². The van der Waals surface area contributed by atoms with Gasteiger partial charge in [-0.3, -0.25) is 0 Å². The van der Waals surface area contributed by atoms with E-state index in [1.54, 1.807) is 6.08 Å². The quantitative estimate of drug-likeness (QED) is 0.237. The van der Waals surface area contributed by atoms with Gasteiger partial charge in [0, 0.05) is 0 Å². The third kappa shape index (κ3) is 355. The van der Waals surface area contributed by atoms with E-state index in [2.05, 4.69) is 19.2 Å². The van der Waals surface area contributed by atoms with Crippen LogP contribution in [0.4, 0.5) is 17.3 Å². The Balaban J connectivity index is 0. The molecule has 0 N–H and O–H groups in total. The molecule has 0 heterocycles. The minimum Gasteiger partial charge on any atom is -0.418 e. The Hall–Kier alpha value is -0.125. The number of halogens is 4. The molecule has 0 saturated heterocycles. The van der Waals surface area contributed by atoms with Crippen molar-refractivity contribution >= 4 is 19.9 Å². The zero-order valence-electron chi connectivity index (χ0n) is 4.58.